The van der Waals surface area contributed by atoms with Crippen molar-refractivity contribution in [2.45, 2.75) is 38.6 Å². The zero-order valence-corrected chi connectivity index (χ0v) is 17.7. The summed E-state index contributed by atoms with van der Waals surface area (Å²) < 4.78 is 0. The van der Waals surface area contributed by atoms with Crippen LogP contribution in [-0.2, 0) is 16.1 Å². The smallest absolute Gasteiger partial charge is 0.228 e. The Labute approximate surface area is 179 Å². The van der Waals surface area contributed by atoms with Crippen LogP contribution >= 0.6 is 22.9 Å². The maximum Gasteiger partial charge on any atom is 0.228 e. The SMILES string of the molecule is O=C(NCc1cccc(Cl)c1)C1CCCN(c2nnc(N3CCCCC3=O)s2)C1. The molecular formula is C20H24ClN5O2S. The zero-order valence-electron chi connectivity index (χ0n) is 16.1. The summed E-state index contributed by atoms with van der Waals surface area (Å²) in [6, 6.07) is 7.51. The number of hydrogen-bond donors (Lipinski definition) is 1. The maximum absolute atomic E-state index is 12.7. The fourth-order valence-electron chi connectivity index (χ4n) is 3.80. The number of nitrogens with one attached hydrogen (secondary N) is 1. The molecule has 7 nitrogen and oxygen atoms in total. The summed E-state index contributed by atoms with van der Waals surface area (Å²) in [6.07, 6.45) is 4.30. The highest BCUT2D eigenvalue weighted by molar-refractivity contribution is 7.19. The molecule has 0 bridgehead atoms. The molecule has 0 spiro atoms. The number of anilines is 2. The molecule has 2 amide bonds. The highest BCUT2D eigenvalue weighted by Crippen LogP contribution is 2.32. The van der Waals surface area contributed by atoms with Crippen molar-refractivity contribution in [2.24, 2.45) is 5.92 Å². The molecule has 1 unspecified atom stereocenters. The van der Waals surface area contributed by atoms with Crippen LogP contribution in [0.5, 0.6) is 0 Å². The number of nitrogens with zero attached hydrogens (tertiary/aromatic N) is 4. The lowest BCUT2D eigenvalue weighted by Gasteiger charge is -2.31. The lowest BCUT2D eigenvalue weighted by Crippen LogP contribution is -2.43. The molecule has 4 rings (SSSR count). The van der Waals surface area contributed by atoms with E-state index in [4.69, 9.17) is 11.6 Å². The second-order valence-corrected chi connectivity index (χ2v) is 8.87. The molecule has 1 atom stereocenters. The van der Waals surface area contributed by atoms with E-state index in [9.17, 15) is 9.59 Å². The molecule has 154 valence electrons. The van der Waals surface area contributed by atoms with Crippen molar-refractivity contribution in [1.82, 2.24) is 15.5 Å². The van der Waals surface area contributed by atoms with Crippen molar-refractivity contribution in [3.8, 4) is 0 Å². The number of benzene rings is 1. The average Bonchev–Trinajstić information content (AvgIpc) is 3.22. The van der Waals surface area contributed by atoms with E-state index in [0.717, 1.165) is 42.9 Å². The molecule has 0 radical (unpaired) electrons. The van der Waals surface area contributed by atoms with Gasteiger partial charge in [-0.2, -0.15) is 0 Å². The van der Waals surface area contributed by atoms with Crippen molar-refractivity contribution in [2.75, 3.05) is 29.4 Å². The number of rotatable bonds is 5. The van der Waals surface area contributed by atoms with E-state index in [1.165, 1.54) is 11.3 Å². The van der Waals surface area contributed by atoms with Crippen LogP contribution in [0.25, 0.3) is 0 Å². The number of hydrogen-bond acceptors (Lipinski definition) is 6. The first kappa shape index (κ1) is 20.1. The molecule has 3 heterocycles. The summed E-state index contributed by atoms with van der Waals surface area (Å²) in [6.45, 7) is 2.64. The Morgan fingerprint density at radius 1 is 1.21 bits per heavy atom. The van der Waals surface area contributed by atoms with Crippen LogP contribution in [0.2, 0.25) is 5.02 Å². The van der Waals surface area contributed by atoms with E-state index >= 15 is 0 Å². The minimum Gasteiger partial charge on any atom is -0.352 e. The predicted octanol–water partition coefficient (Wildman–Crippen LogP) is 3.24. The van der Waals surface area contributed by atoms with Gasteiger partial charge in [0.1, 0.15) is 0 Å². The van der Waals surface area contributed by atoms with Crippen LogP contribution in [0, 0.1) is 5.92 Å². The van der Waals surface area contributed by atoms with Crippen molar-refractivity contribution in [3.63, 3.8) is 0 Å². The van der Waals surface area contributed by atoms with Crippen LogP contribution in [0.1, 0.15) is 37.7 Å². The quantitative estimate of drug-likeness (QED) is 0.783. The van der Waals surface area contributed by atoms with Crippen LogP contribution in [0.15, 0.2) is 24.3 Å². The van der Waals surface area contributed by atoms with Gasteiger partial charge in [-0.15, -0.1) is 10.2 Å². The normalized spacial score (nSPS) is 20.0. The topological polar surface area (TPSA) is 78.4 Å². The molecule has 0 aliphatic carbocycles. The van der Waals surface area contributed by atoms with Gasteiger partial charge in [-0.1, -0.05) is 35.1 Å². The van der Waals surface area contributed by atoms with E-state index in [-0.39, 0.29) is 17.7 Å². The van der Waals surface area contributed by atoms with Gasteiger partial charge >= 0.3 is 0 Å². The molecule has 9 heteroatoms. The first-order valence-electron chi connectivity index (χ1n) is 10.0. The van der Waals surface area contributed by atoms with Gasteiger partial charge in [0.2, 0.25) is 22.1 Å². The number of carbonyl (C=O) groups excluding carboxylic acids is 2. The Bertz CT molecular complexity index is 889. The molecule has 2 aromatic rings. The second-order valence-electron chi connectivity index (χ2n) is 7.50. The van der Waals surface area contributed by atoms with Gasteiger partial charge in [0.05, 0.1) is 5.92 Å². The van der Waals surface area contributed by atoms with E-state index in [1.54, 1.807) is 4.90 Å². The van der Waals surface area contributed by atoms with Gasteiger partial charge in [0.25, 0.3) is 0 Å². The fraction of sp³-hybridized carbons (Fsp3) is 0.500. The predicted molar refractivity (Wildman–Crippen MR) is 114 cm³/mol. The third-order valence-corrected chi connectivity index (χ3v) is 6.62. The lowest BCUT2D eigenvalue weighted by atomic mass is 9.97. The van der Waals surface area contributed by atoms with Gasteiger partial charge in [-0.05, 0) is 43.4 Å². The van der Waals surface area contributed by atoms with Crippen molar-refractivity contribution < 1.29 is 9.59 Å². The van der Waals surface area contributed by atoms with Gasteiger partial charge in [0.15, 0.2) is 0 Å². The van der Waals surface area contributed by atoms with E-state index < -0.39 is 0 Å². The number of halogens is 1. The maximum atomic E-state index is 12.7. The summed E-state index contributed by atoms with van der Waals surface area (Å²) in [5.74, 6) is 0.0772. The highest BCUT2D eigenvalue weighted by Gasteiger charge is 2.29. The Balaban J connectivity index is 1.35. The molecule has 1 N–H and O–H groups in total. The van der Waals surface area contributed by atoms with Gasteiger partial charge < -0.3 is 10.2 Å². The Morgan fingerprint density at radius 2 is 2.07 bits per heavy atom. The highest BCUT2D eigenvalue weighted by atomic mass is 35.5. The van der Waals surface area contributed by atoms with Crippen LogP contribution in [0.3, 0.4) is 0 Å². The van der Waals surface area contributed by atoms with Gasteiger partial charge in [0, 0.05) is 37.6 Å². The largest absolute Gasteiger partial charge is 0.352 e. The third-order valence-electron chi connectivity index (χ3n) is 5.38. The average molecular weight is 434 g/mol. The summed E-state index contributed by atoms with van der Waals surface area (Å²) >= 11 is 7.44. The molecule has 2 fully saturated rings. The number of piperidine rings is 2. The first-order chi connectivity index (χ1) is 14.1. The Kier molecular flexibility index (Phi) is 6.30. The minimum atomic E-state index is -0.0908. The molecule has 1 aromatic heterocycles. The minimum absolute atomic E-state index is 0.0469. The molecule has 2 saturated heterocycles. The van der Waals surface area contributed by atoms with E-state index in [1.807, 2.05) is 24.3 Å². The Hall–Kier alpha value is -2.19. The van der Waals surface area contributed by atoms with Crippen LogP contribution < -0.4 is 15.1 Å². The second kappa shape index (κ2) is 9.09. The summed E-state index contributed by atoms with van der Waals surface area (Å²) in [4.78, 5) is 28.6. The van der Waals surface area contributed by atoms with E-state index in [0.29, 0.717) is 36.2 Å². The first-order valence-corrected chi connectivity index (χ1v) is 11.2. The van der Waals surface area contributed by atoms with Crippen molar-refractivity contribution in [3.05, 3.63) is 34.9 Å². The van der Waals surface area contributed by atoms with Crippen LogP contribution in [0.4, 0.5) is 10.3 Å². The number of aromatic nitrogens is 2. The summed E-state index contributed by atoms with van der Waals surface area (Å²) in [7, 11) is 0. The third kappa shape index (κ3) is 4.87. The molecular weight excluding hydrogens is 410 g/mol. The molecule has 1 aromatic carbocycles. The Morgan fingerprint density at radius 3 is 2.90 bits per heavy atom. The fourth-order valence-corrected chi connectivity index (χ4v) is 4.94. The lowest BCUT2D eigenvalue weighted by molar-refractivity contribution is -0.125. The monoisotopic (exact) mass is 433 g/mol. The standard InChI is InChI=1S/C20H24ClN5O2S/c21-16-7-3-5-14(11-16)12-22-18(28)15-6-4-9-25(13-15)19-23-24-20(29-19)26-10-2-1-8-17(26)27/h3,5,7,11,15H,1-2,4,6,8-10,12-13H2,(H,22,28). The number of amides is 2. The molecule has 29 heavy (non-hydrogen) atoms. The zero-order chi connectivity index (χ0) is 20.2. The summed E-state index contributed by atoms with van der Waals surface area (Å²) in [5.41, 5.74) is 0.985. The molecule has 2 aliphatic heterocycles. The van der Waals surface area contributed by atoms with Crippen LogP contribution in [-0.4, -0.2) is 41.6 Å². The molecule has 0 saturated carbocycles. The van der Waals surface area contributed by atoms with Crippen molar-refractivity contribution in [1.29, 1.82) is 0 Å². The van der Waals surface area contributed by atoms with Gasteiger partial charge in [-0.3, -0.25) is 14.5 Å². The number of carbonyl (C=O) groups is 2. The van der Waals surface area contributed by atoms with Crippen molar-refractivity contribution >= 4 is 45.0 Å². The van der Waals surface area contributed by atoms with E-state index in [2.05, 4.69) is 20.4 Å². The molecule has 2 aliphatic rings. The summed E-state index contributed by atoms with van der Waals surface area (Å²) in [5, 5.41) is 13.7. The van der Waals surface area contributed by atoms with Gasteiger partial charge in [-0.25, -0.2) is 0 Å².